The molecule has 2 rings (SSSR count). The Morgan fingerprint density at radius 1 is 1.39 bits per heavy atom. The summed E-state index contributed by atoms with van der Waals surface area (Å²) in [5.74, 6) is 0.733. The Bertz CT molecular complexity index is 408. The van der Waals surface area contributed by atoms with Gasteiger partial charge in [-0.2, -0.15) is 0 Å². The number of carbonyl (C=O) groups is 1. The zero-order chi connectivity index (χ0) is 13.0. The van der Waals surface area contributed by atoms with Gasteiger partial charge in [0.2, 0.25) is 0 Å². The molecule has 1 aromatic carbocycles. The van der Waals surface area contributed by atoms with E-state index in [0.717, 1.165) is 5.75 Å². The van der Waals surface area contributed by atoms with Gasteiger partial charge in [0.15, 0.2) is 0 Å². The highest BCUT2D eigenvalue weighted by Gasteiger charge is 2.26. The first-order chi connectivity index (χ1) is 8.69. The van der Waals surface area contributed by atoms with E-state index in [2.05, 4.69) is 16.0 Å². The first-order valence-electron chi connectivity index (χ1n) is 5.79. The van der Waals surface area contributed by atoms with E-state index in [1.807, 2.05) is 0 Å². The van der Waals surface area contributed by atoms with Crippen LogP contribution in [0.2, 0.25) is 0 Å². The molecule has 1 fully saturated rings. The molecule has 1 aliphatic heterocycles. The number of urea groups is 1. The third-order valence-corrected chi connectivity index (χ3v) is 2.85. The monoisotopic (exact) mass is 251 g/mol. The Morgan fingerprint density at radius 2 is 2.11 bits per heavy atom. The number of aliphatic hydroxyl groups is 1. The number of amides is 2. The molecule has 0 unspecified atom stereocenters. The number of carbonyl (C=O) groups excluding carboxylic acids is 1. The van der Waals surface area contributed by atoms with Crippen molar-refractivity contribution in [2.75, 3.05) is 25.5 Å². The highest BCUT2D eigenvalue weighted by molar-refractivity contribution is 5.89. The highest BCUT2D eigenvalue weighted by Crippen LogP contribution is 2.14. The topological polar surface area (TPSA) is 82.6 Å². The molecule has 1 aromatic rings. The molecule has 0 radical (unpaired) electrons. The molecule has 4 N–H and O–H groups in total. The second kappa shape index (κ2) is 5.70. The van der Waals surface area contributed by atoms with Crippen LogP contribution in [-0.2, 0) is 0 Å². The summed E-state index contributed by atoms with van der Waals surface area (Å²) in [6, 6.07) is 6.46. The molecule has 1 aliphatic rings. The van der Waals surface area contributed by atoms with Crippen LogP contribution >= 0.6 is 0 Å². The van der Waals surface area contributed by atoms with Crippen molar-refractivity contribution in [2.45, 2.75) is 12.1 Å². The summed E-state index contributed by atoms with van der Waals surface area (Å²) in [6.45, 7) is 1.09. The van der Waals surface area contributed by atoms with Crippen LogP contribution in [0, 0.1) is 0 Å². The molecular formula is C12H17N3O3. The van der Waals surface area contributed by atoms with E-state index in [4.69, 9.17) is 4.74 Å². The van der Waals surface area contributed by atoms with Gasteiger partial charge in [-0.3, -0.25) is 0 Å². The van der Waals surface area contributed by atoms with E-state index in [9.17, 15) is 9.90 Å². The van der Waals surface area contributed by atoms with E-state index in [0.29, 0.717) is 18.8 Å². The lowest BCUT2D eigenvalue weighted by molar-refractivity contribution is 0.164. The van der Waals surface area contributed by atoms with E-state index in [-0.39, 0.29) is 12.1 Å². The van der Waals surface area contributed by atoms with E-state index >= 15 is 0 Å². The third kappa shape index (κ3) is 3.12. The van der Waals surface area contributed by atoms with Crippen molar-refractivity contribution in [1.82, 2.24) is 10.6 Å². The van der Waals surface area contributed by atoms with Crippen LogP contribution in [0.5, 0.6) is 5.75 Å². The Balaban J connectivity index is 1.86. The summed E-state index contributed by atoms with van der Waals surface area (Å²) in [5.41, 5.74) is 0.675. The lowest BCUT2D eigenvalue weighted by atomic mass is 10.2. The van der Waals surface area contributed by atoms with Crippen molar-refractivity contribution < 1.29 is 14.6 Å². The number of anilines is 1. The molecule has 0 saturated carbocycles. The van der Waals surface area contributed by atoms with Gasteiger partial charge in [-0.15, -0.1) is 0 Å². The van der Waals surface area contributed by atoms with Gasteiger partial charge in [-0.1, -0.05) is 0 Å². The number of rotatable bonds is 3. The molecule has 2 amide bonds. The molecular weight excluding hydrogens is 234 g/mol. The summed E-state index contributed by atoms with van der Waals surface area (Å²) in [4.78, 5) is 11.7. The number of hydrogen-bond acceptors (Lipinski definition) is 4. The van der Waals surface area contributed by atoms with Crippen molar-refractivity contribution in [2.24, 2.45) is 0 Å². The molecule has 0 aliphatic carbocycles. The van der Waals surface area contributed by atoms with Gasteiger partial charge in [0, 0.05) is 18.8 Å². The first kappa shape index (κ1) is 12.7. The molecule has 6 nitrogen and oxygen atoms in total. The fourth-order valence-corrected chi connectivity index (χ4v) is 1.82. The first-order valence-corrected chi connectivity index (χ1v) is 5.79. The summed E-state index contributed by atoms with van der Waals surface area (Å²) in [6.07, 6.45) is -0.536. The fraction of sp³-hybridized carbons (Fsp3) is 0.417. The van der Waals surface area contributed by atoms with Crippen LogP contribution in [0.25, 0.3) is 0 Å². The van der Waals surface area contributed by atoms with Gasteiger partial charge in [-0.05, 0) is 24.3 Å². The van der Waals surface area contributed by atoms with Crippen LogP contribution in [0.15, 0.2) is 24.3 Å². The molecule has 0 spiro atoms. The Kier molecular flexibility index (Phi) is 4.01. The zero-order valence-corrected chi connectivity index (χ0v) is 10.1. The van der Waals surface area contributed by atoms with Gasteiger partial charge in [0.05, 0.1) is 19.3 Å². The SMILES string of the molecule is COc1ccc(NC(=O)N[C@@H]2CNC[C@H]2O)cc1. The molecule has 0 aromatic heterocycles. The van der Waals surface area contributed by atoms with Gasteiger partial charge in [-0.25, -0.2) is 4.79 Å². The maximum Gasteiger partial charge on any atom is 0.319 e. The second-order valence-corrected chi connectivity index (χ2v) is 4.16. The fourth-order valence-electron chi connectivity index (χ4n) is 1.82. The number of benzene rings is 1. The predicted octanol–water partition coefficient (Wildman–Crippen LogP) is 0.149. The molecule has 2 atom stereocenters. The second-order valence-electron chi connectivity index (χ2n) is 4.16. The number of ether oxygens (including phenoxy) is 1. The van der Waals surface area contributed by atoms with Crippen LogP contribution in [0.1, 0.15) is 0 Å². The average molecular weight is 251 g/mol. The zero-order valence-electron chi connectivity index (χ0n) is 10.1. The molecule has 0 bridgehead atoms. The minimum atomic E-state index is -0.536. The smallest absolute Gasteiger partial charge is 0.319 e. The van der Waals surface area contributed by atoms with Crippen LogP contribution in [-0.4, -0.2) is 43.5 Å². The number of aliphatic hydroxyl groups excluding tert-OH is 1. The average Bonchev–Trinajstić information content (AvgIpc) is 2.76. The van der Waals surface area contributed by atoms with Crippen molar-refractivity contribution in [3.05, 3.63) is 24.3 Å². The van der Waals surface area contributed by atoms with Gasteiger partial charge >= 0.3 is 6.03 Å². The van der Waals surface area contributed by atoms with Gasteiger partial charge in [0.1, 0.15) is 5.75 Å². The van der Waals surface area contributed by atoms with Gasteiger partial charge < -0.3 is 25.8 Å². The van der Waals surface area contributed by atoms with Crippen LogP contribution in [0.3, 0.4) is 0 Å². The summed E-state index contributed by atoms with van der Waals surface area (Å²) < 4.78 is 5.03. The molecule has 98 valence electrons. The summed E-state index contributed by atoms with van der Waals surface area (Å²) in [5, 5.41) is 18.0. The van der Waals surface area contributed by atoms with Crippen LogP contribution in [0.4, 0.5) is 10.5 Å². The third-order valence-electron chi connectivity index (χ3n) is 2.85. The minimum absolute atomic E-state index is 0.247. The number of nitrogens with one attached hydrogen (secondary N) is 3. The number of methoxy groups -OCH3 is 1. The number of β-amino-alcohol motifs (C(OH)–C–C–N with tert-alkyl or cyclic N) is 1. The summed E-state index contributed by atoms with van der Waals surface area (Å²) >= 11 is 0. The molecule has 18 heavy (non-hydrogen) atoms. The maximum atomic E-state index is 11.7. The minimum Gasteiger partial charge on any atom is -0.497 e. The maximum absolute atomic E-state index is 11.7. The lowest BCUT2D eigenvalue weighted by Crippen LogP contribution is -2.44. The van der Waals surface area contributed by atoms with Crippen molar-refractivity contribution in [3.8, 4) is 5.75 Å². The number of hydrogen-bond donors (Lipinski definition) is 4. The predicted molar refractivity (Wildman–Crippen MR) is 67.8 cm³/mol. The Hall–Kier alpha value is -1.79. The Labute approximate surface area is 105 Å². The lowest BCUT2D eigenvalue weighted by Gasteiger charge is -2.16. The summed E-state index contributed by atoms with van der Waals surface area (Å²) in [7, 11) is 1.59. The highest BCUT2D eigenvalue weighted by atomic mass is 16.5. The Morgan fingerprint density at radius 3 is 2.67 bits per heavy atom. The van der Waals surface area contributed by atoms with Crippen LogP contribution < -0.4 is 20.7 Å². The van der Waals surface area contributed by atoms with Crippen molar-refractivity contribution in [1.29, 1.82) is 0 Å². The molecule has 1 heterocycles. The molecule has 6 heteroatoms. The van der Waals surface area contributed by atoms with Gasteiger partial charge in [0.25, 0.3) is 0 Å². The largest absolute Gasteiger partial charge is 0.497 e. The normalized spacial score (nSPS) is 22.6. The van der Waals surface area contributed by atoms with E-state index in [1.54, 1.807) is 31.4 Å². The standard InChI is InChI=1S/C12H17N3O3/c1-18-9-4-2-8(3-5-9)14-12(17)15-10-6-13-7-11(10)16/h2-5,10-11,13,16H,6-7H2,1H3,(H2,14,15,17)/t10-,11-/m1/s1. The van der Waals surface area contributed by atoms with Crippen molar-refractivity contribution >= 4 is 11.7 Å². The van der Waals surface area contributed by atoms with E-state index in [1.165, 1.54) is 0 Å². The van der Waals surface area contributed by atoms with Crippen molar-refractivity contribution in [3.63, 3.8) is 0 Å². The molecule has 1 saturated heterocycles. The van der Waals surface area contributed by atoms with E-state index < -0.39 is 6.10 Å². The quantitative estimate of drug-likeness (QED) is 0.616.